The van der Waals surface area contributed by atoms with E-state index < -0.39 is 10.9 Å². The molecule has 31 heavy (non-hydrogen) atoms. The van der Waals surface area contributed by atoms with Crippen LogP contribution in [0.5, 0.6) is 0 Å². The predicted molar refractivity (Wildman–Crippen MR) is 115 cm³/mol. The summed E-state index contributed by atoms with van der Waals surface area (Å²) in [5, 5.41) is 22.7. The third-order valence-corrected chi connectivity index (χ3v) is 6.32. The number of ether oxygens (including phenoxy) is 1. The summed E-state index contributed by atoms with van der Waals surface area (Å²) in [5.41, 5.74) is 0.751. The van der Waals surface area contributed by atoms with Gasteiger partial charge in [0.25, 0.3) is 5.69 Å². The van der Waals surface area contributed by atoms with Gasteiger partial charge in [0.1, 0.15) is 5.69 Å². The van der Waals surface area contributed by atoms with Crippen molar-refractivity contribution in [1.82, 2.24) is 0 Å². The van der Waals surface area contributed by atoms with Crippen LogP contribution in [0.25, 0.3) is 0 Å². The fourth-order valence-electron chi connectivity index (χ4n) is 3.63. The molecule has 1 fully saturated rings. The molecule has 9 heteroatoms. The number of thiophene rings is 1. The molecule has 0 N–H and O–H groups in total. The van der Waals surface area contributed by atoms with E-state index in [9.17, 15) is 24.8 Å². The molecule has 1 aromatic carbocycles. The fraction of sp³-hybridized carbons (Fsp3) is 0.455. The van der Waals surface area contributed by atoms with Crippen LogP contribution in [-0.4, -0.2) is 29.4 Å². The van der Waals surface area contributed by atoms with Gasteiger partial charge in [-0.25, -0.2) is 0 Å². The van der Waals surface area contributed by atoms with E-state index >= 15 is 0 Å². The normalized spacial score (nSPS) is 17.1. The van der Waals surface area contributed by atoms with Gasteiger partial charge in [0.15, 0.2) is 0 Å². The summed E-state index contributed by atoms with van der Waals surface area (Å²) in [6.45, 7) is 6.32. The fourth-order valence-corrected chi connectivity index (χ4v) is 4.41. The van der Waals surface area contributed by atoms with Gasteiger partial charge >= 0.3 is 0 Å². The van der Waals surface area contributed by atoms with Crippen molar-refractivity contribution in [2.45, 2.75) is 58.1 Å². The second-order valence-corrected chi connectivity index (χ2v) is 9.76. The Morgan fingerprint density at radius 1 is 1.29 bits per heavy atom. The number of nitro benzene ring substituents is 1. The number of carboxylic acids is 1. The number of hydrogen-bond donors (Lipinski definition) is 0. The van der Waals surface area contributed by atoms with E-state index in [0.29, 0.717) is 19.3 Å². The molecule has 0 aliphatic carbocycles. The van der Waals surface area contributed by atoms with Gasteiger partial charge in [-0.2, -0.15) is 0 Å². The van der Waals surface area contributed by atoms with Crippen molar-refractivity contribution in [1.29, 1.82) is 0 Å². The standard InChI is InChI=1S/C22H26N2O6S/c1-22(2,3)14-7-9-17(18(11-14)24(28)29)23-15(5-4-6-20(23)25)12-30-13-16-8-10-19(31-16)21(26)27/h7-11,15H,4-6,12-13H2,1-3H3,(H,26,27)/p-1. The molecule has 166 valence electrons. The van der Waals surface area contributed by atoms with Crippen molar-refractivity contribution in [3.63, 3.8) is 0 Å². The van der Waals surface area contributed by atoms with E-state index in [2.05, 4.69) is 0 Å². The number of anilines is 1. The lowest BCUT2D eigenvalue weighted by Gasteiger charge is -2.35. The lowest BCUT2D eigenvalue weighted by molar-refractivity contribution is -0.384. The Morgan fingerprint density at radius 3 is 2.65 bits per heavy atom. The number of amides is 1. The van der Waals surface area contributed by atoms with Crippen molar-refractivity contribution in [2.24, 2.45) is 0 Å². The Hall–Kier alpha value is -2.78. The number of nitro groups is 1. The number of carboxylic acid groups (broad SMARTS) is 1. The van der Waals surface area contributed by atoms with E-state index in [0.717, 1.165) is 21.8 Å². The van der Waals surface area contributed by atoms with Crippen molar-refractivity contribution in [3.05, 3.63) is 55.8 Å². The number of nitrogens with zero attached hydrogens (tertiary/aromatic N) is 2. The minimum absolute atomic E-state index is 0.0930. The largest absolute Gasteiger partial charge is 0.544 e. The van der Waals surface area contributed by atoms with Gasteiger partial charge in [0.05, 0.1) is 35.0 Å². The third kappa shape index (κ3) is 5.29. The van der Waals surface area contributed by atoms with Crippen LogP contribution < -0.4 is 10.0 Å². The summed E-state index contributed by atoms with van der Waals surface area (Å²) in [6.07, 6.45) is 1.68. The zero-order chi connectivity index (χ0) is 22.8. The number of hydrogen-bond acceptors (Lipinski definition) is 7. The topological polar surface area (TPSA) is 113 Å². The summed E-state index contributed by atoms with van der Waals surface area (Å²) in [4.78, 5) is 37.4. The van der Waals surface area contributed by atoms with Gasteiger partial charge in [-0.15, -0.1) is 11.3 Å². The van der Waals surface area contributed by atoms with Crippen LogP contribution in [0.3, 0.4) is 0 Å². The van der Waals surface area contributed by atoms with Crippen LogP contribution in [0, 0.1) is 10.1 Å². The van der Waals surface area contributed by atoms with Gasteiger partial charge in [0, 0.05) is 17.4 Å². The molecule has 1 aromatic heterocycles. The van der Waals surface area contributed by atoms with E-state index in [-0.39, 0.29) is 46.8 Å². The van der Waals surface area contributed by atoms with E-state index in [1.165, 1.54) is 11.0 Å². The first-order chi connectivity index (χ1) is 14.6. The molecule has 3 rings (SSSR count). The van der Waals surface area contributed by atoms with E-state index in [4.69, 9.17) is 4.74 Å². The van der Waals surface area contributed by atoms with Crippen LogP contribution in [0.4, 0.5) is 11.4 Å². The molecule has 0 bridgehead atoms. The number of piperidine rings is 1. The number of rotatable bonds is 7. The van der Waals surface area contributed by atoms with Crippen molar-refractivity contribution in [3.8, 4) is 0 Å². The SMILES string of the molecule is CC(C)(C)c1ccc(N2C(=O)CCCC2COCc2ccc(C(=O)[O-])s2)c([N+](=O)[O-])c1. The molecular formula is C22H25N2O6S-. The van der Waals surface area contributed by atoms with Gasteiger partial charge in [-0.1, -0.05) is 26.8 Å². The second-order valence-electron chi connectivity index (χ2n) is 8.59. The zero-order valence-electron chi connectivity index (χ0n) is 17.8. The monoisotopic (exact) mass is 445 g/mol. The molecule has 1 aliphatic rings. The maximum atomic E-state index is 12.8. The summed E-state index contributed by atoms with van der Waals surface area (Å²) in [5.74, 6) is -1.40. The Balaban J connectivity index is 1.81. The van der Waals surface area contributed by atoms with Crippen LogP contribution >= 0.6 is 11.3 Å². The smallest absolute Gasteiger partial charge is 0.293 e. The molecule has 8 nitrogen and oxygen atoms in total. The van der Waals surface area contributed by atoms with Gasteiger partial charge in [0.2, 0.25) is 5.91 Å². The molecule has 1 saturated heterocycles. The average molecular weight is 446 g/mol. The lowest BCUT2D eigenvalue weighted by Crippen LogP contribution is -2.46. The molecule has 0 radical (unpaired) electrons. The van der Waals surface area contributed by atoms with E-state index in [1.54, 1.807) is 18.2 Å². The zero-order valence-corrected chi connectivity index (χ0v) is 18.6. The van der Waals surface area contributed by atoms with Gasteiger partial charge < -0.3 is 19.5 Å². The molecule has 0 saturated carbocycles. The molecule has 1 atom stereocenters. The Labute approximate surface area is 184 Å². The Bertz CT molecular complexity index is 994. The first-order valence-electron chi connectivity index (χ1n) is 10.1. The van der Waals surface area contributed by atoms with E-state index in [1.807, 2.05) is 26.8 Å². The molecular weight excluding hydrogens is 420 g/mol. The maximum Gasteiger partial charge on any atom is 0.293 e. The Morgan fingerprint density at radius 2 is 2.03 bits per heavy atom. The predicted octanol–water partition coefficient (Wildman–Crippen LogP) is 3.42. The van der Waals surface area contributed by atoms with Crippen LogP contribution in [0.2, 0.25) is 0 Å². The van der Waals surface area contributed by atoms with Crippen LogP contribution in [-0.2, 0) is 21.6 Å². The van der Waals surface area contributed by atoms with Gasteiger partial charge in [-0.3, -0.25) is 14.9 Å². The lowest BCUT2D eigenvalue weighted by atomic mass is 9.86. The summed E-state index contributed by atoms with van der Waals surface area (Å²) in [6, 6.07) is 7.82. The quantitative estimate of drug-likeness (QED) is 0.477. The molecule has 2 heterocycles. The molecule has 1 aliphatic heterocycles. The number of aromatic carboxylic acids is 1. The Kier molecular flexibility index (Phi) is 6.76. The summed E-state index contributed by atoms with van der Waals surface area (Å²) < 4.78 is 5.76. The highest BCUT2D eigenvalue weighted by Gasteiger charge is 2.34. The minimum atomic E-state index is -1.23. The van der Waals surface area contributed by atoms with Crippen LogP contribution in [0.15, 0.2) is 30.3 Å². The number of carbonyl (C=O) groups is 2. The second kappa shape index (κ2) is 9.15. The molecule has 0 spiro atoms. The average Bonchev–Trinajstić information content (AvgIpc) is 3.16. The number of carbonyl (C=O) groups excluding carboxylic acids is 2. The molecule has 2 aromatic rings. The highest BCUT2D eigenvalue weighted by Crippen LogP contribution is 2.37. The first-order valence-corrected chi connectivity index (χ1v) is 10.9. The number of benzene rings is 1. The highest BCUT2D eigenvalue weighted by atomic mass is 32.1. The summed E-state index contributed by atoms with van der Waals surface area (Å²) in [7, 11) is 0. The maximum absolute atomic E-state index is 12.8. The highest BCUT2D eigenvalue weighted by molar-refractivity contribution is 7.13. The van der Waals surface area contributed by atoms with Crippen molar-refractivity contribution in [2.75, 3.05) is 11.5 Å². The molecule has 1 unspecified atom stereocenters. The van der Waals surface area contributed by atoms with Crippen molar-refractivity contribution >= 4 is 34.6 Å². The summed E-state index contributed by atoms with van der Waals surface area (Å²) >= 11 is 1.08. The van der Waals surface area contributed by atoms with Crippen molar-refractivity contribution < 1.29 is 24.4 Å². The third-order valence-electron chi connectivity index (χ3n) is 5.28. The van der Waals surface area contributed by atoms with Crippen LogP contribution in [0.1, 0.15) is 60.1 Å². The van der Waals surface area contributed by atoms with Gasteiger partial charge in [-0.05, 0) is 42.0 Å². The first kappa shape index (κ1) is 22.9. The minimum Gasteiger partial charge on any atom is -0.544 e. The molecule has 1 amide bonds.